The van der Waals surface area contributed by atoms with Crippen LogP contribution >= 0.6 is 0 Å². The number of hydrogen-bond donors (Lipinski definition) is 0. The molecule has 1 unspecified atom stereocenters. The van der Waals surface area contributed by atoms with Gasteiger partial charge in [0.1, 0.15) is 0 Å². The summed E-state index contributed by atoms with van der Waals surface area (Å²) in [5, 5.41) is 11.3. The van der Waals surface area contributed by atoms with E-state index in [-0.39, 0.29) is 12.1 Å². The van der Waals surface area contributed by atoms with Gasteiger partial charge in [-0.25, -0.2) is 4.79 Å². The summed E-state index contributed by atoms with van der Waals surface area (Å²) in [5.74, 6) is -1.09. The summed E-state index contributed by atoms with van der Waals surface area (Å²) in [5.41, 5.74) is -0.186. The van der Waals surface area contributed by atoms with E-state index in [1.165, 1.54) is 26.2 Å². The normalized spacial score (nSPS) is 24.0. The van der Waals surface area contributed by atoms with Crippen LogP contribution < -0.4 is 4.90 Å². The smallest absolute Gasteiger partial charge is 0.332 e. The van der Waals surface area contributed by atoms with Gasteiger partial charge in [-0.1, -0.05) is 6.92 Å². The molecule has 10 heteroatoms. The monoisotopic (exact) mass is 401 g/mol. The molecule has 4 rings (SSSR count). The lowest BCUT2D eigenvalue weighted by molar-refractivity contribution is -0.384. The fraction of sp³-hybridized carbons (Fsp3) is 0.526. The zero-order chi connectivity index (χ0) is 21.1. The van der Waals surface area contributed by atoms with Crippen LogP contribution in [-0.4, -0.2) is 83.8 Å². The molecule has 3 heterocycles. The number of likely N-dealkylation sites (N-methyl/N-ethyl adjacent to an activating group) is 1. The lowest BCUT2D eigenvalue weighted by atomic mass is 9.67. The Labute approximate surface area is 167 Å². The highest BCUT2D eigenvalue weighted by Crippen LogP contribution is 2.47. The minimum absolute atomic E-state index is 0.0301. The van der Waals surface area contributed by atoms with Crippen LogP contribution in [0.15, 0.2) is 18.2 Å². The molecule has 0 saturated carbocycles. The number of fused-ring (bicyclic) bond motifs is 4. The van der Waals surface area contributed by atoms with E-state index in [1.54, 1.807) is 6.07 Å². The Bertz CT molecular complexity index is 908. The van der Waals surface area contributed by atoms with Gasteiger partial charge in [0, 0.05) is 58.0 Å². The maximum Gasteiger partial charge on any atom is 0.332 e. The van der Waals surface area contributed by atoms with E-state index in [9.17, 15) is 24.5 Å². The van der Waals surface area contributed by atoms with E-state index in [0.29, 0.717) is 18.7 Å². The van der Waals surface area contributed by atoms with E-state index in [2.05, 4.69) is 4.90 Å². The molecule has 0 aliphatic carbocycles. The van der Waals surface area contributed by atoms with Crippen LogP contribution in [0.4, 0.5) is 16.2 Å². The zero-order valence-electron chi connectivity index (χ0n) is 16.6. The maximum atomic E-state index is 13.4. The van der Waals surface area contributed by atoms with E-state index >= 15 is 0 Å². The molecule has 1 atom stereocenters. The van der Waals surface area contributed by atoms with Crippen LogP contribution in [0.1, 0.15) is 12.5 Å². The predicted octanol–water partition coefficient (Wildman–Crippen LogP) is 0.698. The molecule has 2 fully saturated rings. The quantitative estimate of drug-likeness (QED) is 0.408. The van der Waals surface area contributed by atoms with Gasteiger partial charge in [-0.3, -0.25) is 34.4 Å². The lowest BCUT2D eigenvalue weighted by Gasteiger charge is -2.56. The summed E-state index contributed by atoms with van der Waals surface area (Å²) >= 11 is 0. The zero-order valence-corrected chi connectivity index (χ0v) is 16.6. The molecule has 3 aliphatic heterocycles. The van der Waals surface area contributed by atoms with Gasteiger partial charge in [0.2, 0.25) is 11.8 Å². The van der Waals surface area contributed by atoms with Gasteiger partial charge in [-0.05, 0) is 18.2 Å². The average molecular weight is 401 g/mol. The van der Waals surface area contributed by atoms with Crippen molar-refractivity contribution >= 4 is 29.2 Å². The molecule has 2 saturated heterocycles. The molecule has 4 amide bonds. The summed E-state index contributed by atoms with van der Waals surface area (Å²) in [6.45, 7) is 4.65. The Morgan fingerprint density at radius 2 is 1.79 bits per heavy atom. The lowest BCUT2D eigenvalue weighted by Crippen LogP contribution is -2.74. The SMILES string of the molecule is CCN1CCN2c3ccc([N+](=O)[O-])cc3CC3(C(=O)N(C)C(=O)N(C)C3=O)C2C1. The Morgan fingerprint density at radius 3 is 2.38 bits per heavy atom. The maximum absolute atomic E-state index is 13.4. The Hall–Kier alpha value is -3.01. The number of anilines is 1. The van der Waals surface area contributed by atoms with Gasteiger partial charge >= 0.3 is 6.03 Å². The minimum atomic E-state index is -1.49. The molecule has 154 valence electrons. The summed E-state index contributed by atoms with van der Waals surface area (Å²) < 4.78 is 0. The molecule has 1 aromatic carbocycles. The highest BCUT2D eigenvalue weighted by Gasteiger charge is 2.63. The van der Waals surface area contributed by atoms with Crippen LogP contribution in [0.3, 0.4) is 0 Å². The molecule has 0 N–H and O–H groups in total. The number of rotatable bonds is 2. The van der Waals surface area contributed by atoms with E-state index in [1.807, 2.05) is 11.8 Å². The summed E-state index contributed by atoms with van der Waals surface area (Å²) in [7, 11) is 2.76. The number of carbonyl (C=O) groups excluding carboxylic acids is 3. The van der Waals surface area contributed by atoms with Crippen molar-refractivity contribution in [1.82, 2.24) is 14.7 Å². The summed E-state index contributed by atoms with van der Waals surface area (Å²) in [6.07, 6.45) is 0.0301. The second-order valence-electron chi connectivity index (χ2n) is 7.83. The first-order valence-electron chi connectivity index (χ1n) is 9.59. The highest BCUT2D eigenvalue weighted by atomic mass is 16.6. The second kappa shape index (κ2) is 6.51. The fourth-order valence-electron chi connectivity index (χ4n) is 4.89. The molecule has 1 aromatic rings. The number of amides is 4. The molecule has 1 spiro atoms. The first kappa shape index (κ1) is 19.3. The molecular formula is C19H23N5O5. The van der Waals surface area contributed by atoms with E-state index in [4.69, 9.17) is 0 Å². The van der Waals surface area contributed by atoms with Crippen molar-refractivity contribution < 1.29 is 19.3 Å². The third-order valence-electron chi connectivity index (χ3n) is 6.48. The number of urea groups is 1. The van der Waals surface area contributed by atoms with Crippen molar-refractivity contribution in [3.8, 4) is 0 Å². The van der Waals surface area contributed by atoms with Crippen LogP contribution in [0.5, 0.6) is 0 Å². The van der Waals surface area contributed by atoms with Crippen molar-refractivity contribution in [3.63, 3.8) is 0 Å². The summed E-state index contributed by atoms with van der Waals surface area (Å²) in [4.78, 5) is 56.2. The van der Waals surface area contributed by atoms with Crippen molar-refractivity contribution in [1.29, 1.82) is 0 Å². The number of carbonyl (C=O) groups is 3. The van der Waals surface area contributed by atoms with E-state index < -0.39 is 34.2 Å². The van der Waals surface area contributed by atoms with Crippen molar-refractivity contribution in [2.24, 2.45) is 5.41 Å². The number of non-ortho nitro benzene ring substituents is 1. The molecule has 3 aliphatic rings. The van der Waals surface area contributed by atoms with E-state index in [0.717, 1.165) is 28.6 Å². The van der Waals surface area contributed by atoms with Crippen LogP contribution in [-0.2, 0) is 16.0 Å². The molecule has 29 heavy (non-hydrogen) atoms. The number of barbiturate groups is 1. The average Bonchev–Trinajstić information content (AvgIpc) is 2.74. The highest BCUT2D eigenvalue weighted by molar-refractivity contribution is 6.20. The van der Waals surface area contributed by atoms with Crippen LogP contribution in [0.2, 0.25) is 0 Å². The number of nitro groups is 1. The third-order valence-corrected chi connectivity index (χ3v) is 6.48. The van der Waals surface area contributed by atoms with Gasteiger partial charge in [0.05, 0.1) is 11.0 Å². The first-order valence-corrected chi connectivity index (χ1v) is 9.59. The number of imide groups is 2. The standard InChI is InChI=1S/C19H23N5O5/c1-4-22-7-8-23-14-6-5-13(24(28)29)9-12(14)10-19(15(23)11-22)16(25)20(2)18(27)21(3)17(19)26/h5-6,9,15H,4,7-8,10-11H2,1-3H3. The predicted molar refractivity (Wildman–Crippen MR) is 103 cm³/mol. The minimum Gasteiger partial charge on any atom is -0.364 e. The molecule has 0 aromatic heterocycles. The fourth-order valence-corrected chi connectivity index (χ4v) is 4.89. The van der Waals surface area contributed by atoms with Crippen LogP contribution in [0, 0.1) is 15.5 Å². The number of hydrogen-bond acceptors (Lipinski definition) is 7. The van der Waals surface area contributed by atoms with Gasteiger partial charge < -0.3 is 4.90 Å². The Morgan fingerprint density at radius 1 is 1.14 bits per heavy atom. The first-order chi connectivity index (χ1) is 13.7. The number of nitro benzene ring substituents is 1. The van der Waals surface area contributed by atoms with Crippen molar-refractivity contribution in [2.45, 2.75) is 19.4 Å². The van der Waals surface area contributed by atoms with Gasteiger partial charge in [-0.15, -0.1) is 0 Å². The number of nitrogens with zero attached hydrogens (tertiary/aromatic N) is 5. The number of benzene rings is 1. The topological polar surface area (TPSA) is 107 Å². The Kier molecular flexibility index (Phi) is 4.34. The largest absolute Gasteiger partial charge is 0.364 e. The van der Waals surface area contributed by atoms with Crippen molar-refractivity contribution in [2.75, 3.05) is 45.2 Å². The van der Waals surface area contributed by atoms with Crippen LogP contribution in [0.25, 0.3) is 0 Å². The molecule has 10 nitrogen and oxygen atoms in total. The van der Waals surface area contributed by atoms with Crippen molar-refractivity contribution in [3.05, 3.63) is 33.9 Å². The van der Waals surface area contributed by atoms with Gasteiger partial charge in [-0.2, -0.15) is 0 Å². The third kappa shape index (κ3) is 2.55. The molecule has 0 bridgehead atoms. The van der Waals surface area contributed by atoms with Gasteiger partial charge in [0.15, 0.2) is 5.41 Å². The summed E-state index contributed by atoms with van der Waals surface area (Å²) in [6, 6.07) is 3.47. The van der Waals surface area contributed by atoms with Gasteiger partial charge in [0.25, 0.3) is 5.69 Å². The second-order valence-corrected chi connectivity index (χ2v) is 7.83. The number of piperazine rings is 1. The molecular weight excluding hydrogens is 378 g/mol. The Balaban J connectivity index is 1.91. The molecule has 0 radical (unpaired) electrons.